The van der Waals surface area contributed by atoms with Gasteiger partial charge in [0.1, 0.15) is 17.1 Å². The molecule has 0 N–H and O–H groups in total. The largest absolute Gasteiger partial charge is 0.497 e. The van der Waals surface area contributed by atoms with Crippen molar-refractivity contribution in [2.75, 3.05) is 40.4 Å². The van der Waals surface area contributed by atoms with Crippen LogP contribution in [0.2, 0.25) is 0 Å². The van der Waals surface area contributed by atoms with Gasteiger partial charge in [-0.3, -0.25) is 9.59 Å². The summed E-state index contributed by atoms with van der Waals surface area (Å²) in [5.41, 5.74) is 1.28. The lowest BCUT2D eigenvalue weighted by Crippen LogP contribution is -2.33. The lowest BCUT2D eigenvalue weighted by molar-refractivity contribution is 0.0718. The van der Waals surface area contributed by atoms with E-state index in [0.29, 0.717) is 40.1 Å². The zero-order valence-electron chi connectivity index (χ0n) is 19.6. The van der Waals surface area contributed by atoms with Crippen LogP contribution < -0.4 is 14.9 Å². The molecule has 0 saturated heterocycles. The smallest absolute Gasteiger partial charge is 0.290 e. The van der Waals surface area contributed by atoms with Gasteiger partial charge in [-0.1, -0.05) is 26.0 Å². The van der Waals surface area contributed by atoms with E-state index in [2.05, 4.69) is 18.7 Å². The Bertz CT molecular complexity index is 1220. The second kappa shape index (κ2) is 9.67. The third kappa shape index (κ3) is 4.09. The van der Waals surface area contributed by atoms with E-state index in [-0.39, 0.29) is 17.1 Å². The highest BCUT2D eigenvalue weighted by atomic mass is 16.5. The molecule has 2 aromatic carbocycles. The molecule has 1 amide bonds. The van der Waals surface area contributed by atoms with Crippen LogP contribution in [0.25, 0.3) is 11.0 Å². The average molecular weight is 451 g/mol. The number of hydrogen-bond donors (Lipinski definition) is 0. The SMILES string of the molecule is CCN(CC)CCCN1C(=O)c2oc3ccccc3c(=O)c2[C@@H]1c1cc(OC)ccc1OC. The summed E-state index contributed by atoms with van der Waals surface area (Å²) in [6, 6.07) is 11.9. The van der Waals surface area contributed by atoms with Gasteiger partial charge in [0.05, 0.1) is 31.2 Å². The summed E-state index contributed by atoms with van der Waals surface area (Å²) >= 11 is 0. The molecular weight excluding hydrogens is 420 g/mol. The summed E-state index contributed by atoms with van der Waals surface area (Å²) in [6.45, 7) is 7.49. The van der Waals surface area contributed by atoms with E-state index in [1.165, 1.54) is 0 Å². The first-order valence-corrected chi connectivity index (χ1v) is 11.3. The van der Waals surface area contributed by atoms with Gasteiger partial charge in [-0.15, -0.1) is 0 Å². The molecule has 1 aliphatic heterocycles. The van der Waals surface area contributed by atoms with E-state index in [1.54, 1.807) is 55.5 Å². The normalized spacial score (nSPS) is 15.4. The minimum Gasteiger partial charge on any atom is -0.497 e. The van der Waals surface area contributed by atoms with E-state index < -0.39 is 6.04 Å². The summed E-state index contributed by atoms with van der Waals surface area (Å²) in [5.74, 6) is 1.04. The maximum atomic E-state index is 13.6. The second-order valence-electron chi connectivity index (χ2n) is 8.06. The van der Waals surface area contributed by atoms with Crippen molar-refractivity contribution >= 4 is 16.9 Å². The van der Waals surface area contributed by atoms with Gasteiger partial charge < -0.3 is 23.7 Å². The first-order valence-electron chi connectivity index (χ1n) is 11.3. The Labute approximate surface area is 193 Å². The number of methoxy groups -OCH3 is 2. The number of benzene rings is 2. The lowest BCUT2D eigenvalue weighted by Gasteiger charge is -2.27. The van der Waals surface area contributed by atoms with Crippen molar-refractivity contribution in [3.8, 4) is 11.5 Å². The molecule has 0 unspecified atom stereocenters. The number of carbonyl (C=O) groups excluding carboxylic acids is 1. The van der Waals surface area contributed by atoms with Crippen LogP contribution >= 0.6 is 0 Å². The minimum atomic E-state index is -0.616. The molecule has 3 aromatic rings. The third-order valence-electron chi connectivity index (χ3n) is 6.37. The lowest BCUT2D eigenvalue weighted by atomic mass is 9.97. The molecule has 0 spiro atoms. The van der Waals surface area contributed by atoms with E-state index in [9.17, 15) is 9.59 Å². The fraction of sp³-hybridized carbons (Fsp3) is 0.385. The predicted octanol–water partition coefficient (Wildman–Crippen LogP) is 4.09. The summed E-state index contributed by atoms with van der Waals surface area (Å²) in [5, 5.41) is 0.459. The van der Waals surface area contributed by atoms with Gasteiger partial charge in [-0.25, -0.2) is 0 Å². The van der Waals surface area contributed by atoms with E-state index in [0.717, 1.165) is 26.1 Å². The monoisotopic (exact) mass is 450 g/mol. The summed E-state index contributed by atoms with van der Waals surface area (Å²) in [6.07, 6.45) is 0.776. The van der Waals surface area contributed by atoms with Crippen LogP contribution in [0.1, 0.15) is 48.0 Å². The molecule has 0 bridgehead atoms. The van der Waals surface area contributed by atoms with Crippen molar-refractivity contribution in [2.24, 2.45) is 0 Å². The quantitative estimate of drug-likeness (QED) is 0.489. The molecule has 0 saturated carbocycles. The topological polar surface area (TPSA) is 72.2 Å². The molecule has 33 heavy (non-hydrogen) atoms. The number of hydrogen-bond acceptors (Lipinski definition) is 6. The van der Waals surface area contributed by atoms with Crippen LogP contribution in [0.5, 0.6) is 11.5 Å². The molecule has 174 valence electrons. The zero-order valence-corrected chi connectivity index (χ0v) is 19.6. The first-order chi connectivity index (χ1) is 16.0. The van der Waals surface area contributed by atoms with Crippen molar-refractivity contribution in [1.29, 1.82) is 0 Å². The first kappa shape index (κ1) is 22.9. The van der Waals surface area contributed by atoms with Crippen molar-refractivity contribution in [2.45, 2.75) is 26.3 Å². The van der Waals surface area contributed by atoms with Crippen LogP contribution in [-0.2, 0) is 0 Å². The number of fused-ring (bicyclic) bond motifs is 2. The average Bonchev–Trinajstić information content (AvgIpc) is 3.13. The van der Waals surface area contributed by atoms with Gasteiger partial charge in [0.15, 0.2) is 5.43 Å². The molecule has 0 fully saturated rings. The number of carbonyl (C=O) groups is 1. The Kier molecular flexibility index (Phi) is 6.70. The third-order valence-corrected chi connectivity index (χ3v) is 6.37. The Morgan fingerprint density at radius 3 is 2.48 bits per heavy atom. The fourth-order valence-corrected chi connectivity index (χ4v) is 4.58. The van der Waals surface area contributed by atoms with Gasteiger partial charge >= 0.3 is 0 Å². The Morgan fingerprint density at radius 1 is 1.03 bits per heavy atom. The molecule has 1 aromatic heterocycles. The van der Waals surface area contributed by atoms with Crippen LogP contribution in [0.3, 0.4) is 0 Å². The Balaban J connectivity index is 1.86. The van der Waals surface area contributed by atoms with Gasteiger partial charge in [0.25, 0.3) is 5.91 Å². The second-order valence-corrected chi connectivity index (χ2v) is 8.06. The highest BCUT2D eigenvalue weighted by Crippen LogP contribution is 2.42. The van der Waals surface area contributed by atoms with Crippen molar-refractivity contribution < 1.29 is 18.7 Å². The van der Waals surface area contributed by atoms with Crippen molar-refractivity contribution in [3.05, 3.63) is 69.6 Å². The summed E-state index contributed by atoms with van der Waals surface area (Å²) in [7, 11) is 3.17. The van der Waals surface area contributed by atoms with Gasteiger partial charge in [-0.2, -0.15) is 0 Å². The van der Waals surface area contributed by atoms with Crippen LogP contribution in [0.15, 0.2) is 51.7 Å². The molecule has 0 aliphatic carbocycles. The van der Waals surface area contributed by atoms with Gasteiger partial charge in [-0.05, 0) is 56.4 Å². The number of ether oxygens (including phenoxy) is 2. The maximum absolute atomic E-state index is 13.6. The molecule has 2 heterocycles. The van der Waals surface area contributed by atoms with E-state index >= 15 is 0 Å². The molecule has 1 aliphatic rings. The highest BCUT2D eigenvalue weighted by molar-refractivity contribution is 5.99. The van der Waals surface area contributed by atoms with Gasteiger partial charge in [0.2, 0.25) is 5.76 Å². The summed E-state index contributed by atoms with van der Waals surface area (Å²) in [4.78, 5) is 31.2. The number of nitrogens with zero attached hydrogens (tertiary/aromatic N) is 2. The molecule has 1 atom stereocenters. The van der Waals surface area contributed by atoms with Crippen LogP contribution in [0.4, 0.5) is 0 Å². The van der Waals surface area contributed by atoms with Gasteiger partial charge in [0, 0.05) is 12.1 Å². The molecule has 7 heteroatoms. The minimum absolute atomic E-state index is 0.108. The predicted molar refractivity (Wildman–Crippen MR) is 127 cm³/mol. The molecule has 4 rings (SSSR count). The number of para-hydroxylation sites is 1. The van der Waals surface area contributed by atoms with Crippen molar-refractivity contribution in [1.82, 2.24) is 9.80 Å². The standard InChI is InChI=1S/C26H30N2O5/c1-5-27(6-2)14-9-15-28-23(19-16-17(31-3)12-13-20(19)32-4)22-24(29)18-10-7-8-11-21(18)33-25(22)26(28)30/h7-8,10-13,16,23H,5-6,9,14-15H2,1-4H3/t23-/m0/s1. The van der Waals surface area contributed by atoms with E-state index in [4.69, 9.17) is 13.9 Å². The Morgan fingerprint density at radius 2 is 1.79 bits per heavy atom. The van der Waals surface area contributed by atoms with E-state index in [1.807, 2.05) is 6.07 Å². The zero-order chi connectivity index (χ0) is 23.5. The molecule has 0 radical (unpaired) electrons. The highest BCUT2D eigenvalue weighted by Gasteiger charge is 2.43. The fourth-order valence-electron chi connectivity index (χ4n) is 4.58. The van der Waals surface area contributed by atoms with Crippen LogP contribution in [0, 0.1) is 0 Å². The summed E-state index contributed by atoms with van der Waals surface area (Å²) < 4.78 is 17.1. The number of amides is 1. The van der Waals surface area contributed by atoms with Crippen LogP contribution in [-0.4, -0.2) is 56.1 Å². The van der Waals surface area contributed by atoms with Crippen molar-refractivity contribution in [3.63, 3.8) is 0 Å². The number of rotatable bonds is 9. The maximum Gasteiger partial charge on any atom is 0.290 e. The Hall–Kier alpha value is -3.32. The molecule has 7 nitrogen and oxygen atoms in total. The molecular formula is C26H30N2O5.